The second-order valence-corrected chi connectivity index (χ2v) is 15.1. The van der Waals surface area contributed by atoms with Gasteiger partial charge in [-0.25, -0.2) is 19.9 Å². The van der Waals surface area contributed by atoms with E-state index in [0.29, 0.717) is 34.8 Å². The number of aryl methyl sites for hydroxylation is 2. The van der Waals surface area contributed by atoms with Crippen molar-refractivity contribution in [2.24, 2.45) is 0 Å². The van der Waals surface area contributed by atoms with Crippen LogP contribution in [0.25, 0.3) is 83.0 Å². The predicted octanol–water partition coefficient (Wildman–Crippen LogP) is 12.8. The van der Waals surface area contributed by atoms with Crippen molar-refractivity contribution in [3.8, 4) is 40.6 Å². The number of benzene rings is 6. The highest BCUT2D eigenvalue weighted by Gasteiger charge is 2.19. The molecule has 9 heteroatoms. The molecule has 6 aromatic carbocycles. The Morgan fingerprint density at radius 3 is 1.23 bits per heavy atom. The number of fused-ring (bicyclic) bond motifs is 9. The molecule has 0 aliphatic carbocycles. The molecule has 12 aromatic rings. The molecule has 0 aliphatic rings. The first-order chi connectivity index (χ1) is 31.2. The molecule has 0 radical (unpaired) electrons. The average Bonchev–Trinajstić information content (AvgIpc) is 3.94. The molecular formula is C52H35N7O2. The number of hydrogen-bond donors (Lipinski definition) is 0. The molecule has 6 aromatic heterocycles. The Hall–Kier alpha value is -8.30. The van der Waals surface area contributed by atoms with Gasteiger partial charge in [-0.15, -0.1) is 0 Å². The van der Waals surface area contributed by atoms with Gasteiger partial charge in [0.2, 0.25) is 5.95 Å². The molecule has 0 saturated carbocycles. The predicted molar refractivity (Wildman–Crippen MR) is 243 cm³/mol. The van der Waals surface area contributed by atoms with Crippen LogP contribution in [0.15, 0.2) is 176 Å². The maximum atomic E-state index is 7.83. The highest BCUT2D eigenvalue weighted by Crippen LogP contribution is 2.40. The number of pyridine rings is 2. The quantitative estimate of drug-likeness (QED) is 0.160. The van der Waals surface area contributed by atoms with Crippen LogP contribution < -0.4 is 9.47 Å². The molecule has 6 heterocycles. The largest absolute Gasteiger partial charge is 0.457 e. The van der Waals surface area contributed by atoms with Crippen LogP contribution in [0.4, 0.5) is 0 Å². The van der Waals surface area contributed by atoms with Gasteiger partial charge in [0, 0.05) is 85.5 Å². The van der Waals surface area contributed by atoms with Crippen LogP contribution in [0, 0.1) is 13.8 Å². The maximum Gasteiger partial charge on any atom is 0.234 e. The summed E-state index contributed by atoms with van der Waals surface area (Å²) in [5.74, 6) is 4.55. The summed E-state index contributed by atoms with van der Waals surface area (Å²) in [4.78, 5) is 18.7. The van der Waals surface area contributed by atoms with Crippen molar-refractivity contribution < 1.29 is 13.6 Å². The van der Waals surface area contributed by atoms with Gasteiger partial charge in [0.05, 0.1) is 33.1 Å². The minimum absolute atomic E-state index is 0.188. The molecule has 0 unspecified atom stereocenters. The van der Waals surface area contributed by atoms with Crippen molar-refractivity contribution in [3.05, 3.63) is 188 Å². The molecule has 0 bridgehead atoms. The van der Waals surface area contributed by atoms with Crippen LogP contribution in [-0.2, 0) is 0 Å². The van der Waals surface area contributed by atoms with E-state index in [1.807, 2.05) is 95.1 Å². The molecule has 0 atom stereocenters. The van der Waals surface area contributed by atoms with Crippen molar-refractivity contribution in [2.75, 3.05) is 0 Å². The Balaban J connectivity index is 0.938. The monoisotopic (exact) mass is 792 g/mol. The molecule has 9 nitrogen and oxygen atoms in total. The number of rotatable bonds is 7. The maximum absolute atomic E-state index is 7.83. The van der Waals surface area contributed by atoms with Crippen LogP contribution in [0.2, 0.25) is 0 Å². The van der Waals surface area contributed by atoms with Crippen molar-refractivity contribution >= 4 is 65.4 Å². The van der Waals surface area contributed by atoms with Gasteiger partial charge < -0.3 is 9.47 Å². The lowest BCUT2D eigenvalue weighted by Gasteiger charge is -2.11. The highest BCUT2D eigenvalue weighted by molar-refractivity contribution is 6.11. The summed E-state index contributed by atoms with van der Waals surface area (Å²) in [6.45, 7) is -0.208. The summed E-state index contributed by atoms with van der Waals surface area (Å²) < 4.78 is 43.1. The van der Waals surface area contributed by atoms with E-state index < -0.39 is 6.85 Å². The molecule has 0 amide bonds. The van der Waals surface area contributed by atoms with Crippen LogP contribution in [0.5, 0.6) is 23.0 Å². The van der Waals surface area contributed by atoms with Crippen LogP contribution in [0.1, 0.15) is 15.2 Å². The topological polar surface area (TPSA) is 84.8 Å². The zero-order valence-corrected chi connectivity index (χ0v) is 32.7. The van der Waals surface area contributed by atoms with E-state index in [4.69, 9.17) is 18.6 Å². The van der Waals surface area contributed by atoms with Gasteiger partial charge in [0.25, 0.3) is 0 Å². The molecule has 12 rings (SSSR count). The Bertz CT molecular complexity index is 3780. The molecule has 0 N–H and O–H groups in total. The third kappa shape index (κ3) is 5.70. The molecule has 61 heavy (non-hydrogen) atoms. The third-order valence-corrected chi connectivity index (χ3v) is 11.3. The van der Waals surface area contributed by atoms with E-state index in [1.165, 1.54) is 6.20 Å². The second kappa shape index (κ2) is 13.6. The summed E-state index contributed by atoms with van der Waals surface area (Å²) in [6, 6.07) is 50.1. The standard InChI is InChI=1S/C52H35N7O2/c1-32-12-22-50(55-30-32)57-44-10-5-3-8-38(44)40-18-14-34(26-46(40)57)60-36-16-20-42-43-21-17-37(29-49(43)59(48(42)28-36)52-53-24-7-25-54-52)61-35-15-19-41-39-9-4-6-11-45(39)58(47(41)27-35)51-23-13-33(2)31-56-51/h3-31H,1-2H3/i1D3. The lowest BCUT2D eigenvalue weighted by atomic mass is 10.1. The average molecular weight is 793 g/mol. The minimum atomic E-state index is -2.25. The van der Waals surface area contributed by atoms with E-state index in [1.54, 1.807) is 30.6 Å². The summed E-state index contributed by atoms with van der Waals surface area (Å²) >= 11 is 0. The van der Waals surface area contributed by atoms with Crippen LogP contribution in [-0.4, -0.2) is 33.6 Å². The van der Waals surface area contributed by atoms with E-state index in [-0.39, 0.29) is 5.56 Å². The SMILES string of the molecule is [2H]C([2H])([2H])c1ccc(-n2c3ccccc3c3ccc(Oc4ccc5c6ccc(Oc7ccc8c9ccccc9n(-c9ccc(C)cn9)c8c7)cc6n(-c6ncccn6)c5c4)cc32)nc1. The number of ether oxygens (including phenoxy) is 2. The Morgan fingerprint density at radius 1 is 0.393 bits per heavy atom. The zero-order chi connectivity index (χ0) is 43.1. The van der Waals surface area contributed by atoms with Gasteiger partial charge in [-0.1, -0.05) is 48.5 Å². The Labute approximate surface area is 353 Å². The highest BCUT2D eigenvalue weighted by atomic mass is 16.5. The fourth-order valence-electron chi connectivity index (χ4n) is 8.63. The summed E-state index contributed by atoms with van der Waals surface area (Å²) in [5.41, 5.74) is 6.92. The lowest BCUT2D eigenvalue weighted by molar-refractivity contribution is 0.484. The Kier molecular flexibility index (Phi) is 7.08. The second-order valence-electron chi connectivity index (χ2n) is 15.1. The van der Waals surface area contributed by atoms with Crippen LogP contribution in [0.3, 0.4) is 0 Å². The third-order valence-electron chi connectivity index (χ3n) is 11.3. The fourth-order valence-corrected chi connectivity index (χ4v) is 8.63. The number of hydrogen-bond acceptors (Lipinski definition) is 6. The van der Waals surface area contributed by atoms with E-state index in [9.17, 15) is 0 Å². The molecular weight excluding hydrogens is 755 g/mol. The summed E-state index contributed by atoms with van der Waals surface area (Å²) in [7, 11) is 0. The first-order valence-electron chi connectivity index (χ1n) is 21.4. The zero-order valence-electron chi connectivity index (χ0n) is 35.7. The number of nitrogens with zero attached hydrogens (tertiary/aromatic N) is 7. The van der Waals surface area contributed by atoms with Crippen molar-refractivity contribution in [3.63, 3.8) is 0 Å². The molecule has 0 spiro atoms. The van der Waals surface area contributed by atoms with Crippen molar-refractivity contribution in [1.82, 2.24) is 33.6 Å². The van der Waals surface area contributed by atoms with Crippen LogP contribution >= 0.6 is 0 Å². The van der Waals surface area contributed by atoms with Gasteiger partial charge in [0.1, 0.15) is 34.6 Å². The van der Waals surface area contributed by atoms with E-state index in [2.05, 4.69) is 80.2 Å². The number of aromatic nitrogens is 7. The normalized spacial score (nSPS) is 12.7. The van der Waals surface area contributed by atoms with Gasteiger partial charge in [-0.2, -0.15) is 0 Å². The molecule has 0 aliphatic heterocycles. The smallest absolute Gasteiger partial charge is 0.234 e. The van der Waals surface area contributed by atoms with Crippen molar-refractivity contribution in [1.29, 1.82) is 0 Å². The van der Waals surface area contributed by atoms with E-state index in [0.717, 1.165) is 76.8 Å². The summed E-state index contributed by atoms with van der Waals surface area (Å²) in [5, 5.41) is 6.33. The number of para-hydroxylation sites is 2. The summed E-state index contributed by atoms with van der Waals surface area (Å²) in [6.07, 6.45) is 6.78. The molecule has 0 saturated heterocycles. The van der Waals surface area contributed by atoms with E-state index >= 15 is 0 Å². The first-order valence-corrected chi connectivity index (χ1v) is 19.9. The first kappa shape index (κ1) is 31.7. The fraction of sp³-hybridized carbons (Fsp3) is 0.0385. The van der Waals surface area contributed by atoms with Gasteiger partial charge >= 0.3 is 0 Å². The molecule has 0 fully saturated rings. The van der Waals surface area contributed by atoms with Gasteiger partial charge in [0.15, 0.2) is 0 Å². The Morgan fingerprint density at radius 2 is 0.803 bits per heavy atom. The van der Waals surface area contributed by atoms with Crippen molar-refractivity contribution in [2.45, 2.75) is 13.8 Å². The minimum Gasteiger partial charge on any atom is -0.457 e. The lowest BCUT2D eigenvalue weighted by Crippen LogP contribution is -2.00. The molecule has 290 valence electrons. The van der Waals surface area contributed by atoms with Gasteiger partial charge in [-0.3, -0.25) is 13.7 Å². The van der Waals surface area contributed by atoms with Gasteiger partial charge in [-0.05, 0) is 104 Å².